The Balaban J connectivity index is 3.03. The van der Waals surface area contributed by atoms with Gasteiger partial charge in [0.1, 0.15) is 5.75 Å². The Labute approximate surface area is 195 Å². The van der Waals surface area contributed by atoms with Crippen LogP contribution < -0.4 is 4.74 Å². The predicted molar refractivity (Wildman–Crippen MR) is 127 cm³/mol. The van der Waals surface area contributed by atoms with E-state index in [1.807, 2.05) is 44.2 Å². The first-order chi connectivity index (χ1) is 14.3. The fourth-order valence-corrected chi connectivity index (χ4v) is 3.22. The summed E-state index contributed by atoms with van der Waals surface area (Å²) in [7, 11) is 0. The molecular weight excluding hydrogens is 441 g/mol. The fraction of sp³-hybridized carbons (Fsp3) is 0.458. The second-order valence-electron chi connectivity index (χ2n) is 7.29. The average Bonchev–Trinajstić information content (AvgIpc) is 2.74. The van der Waals surface area contributed by atoms with Crippen molar-refractivity contribution in [3.63, 3.8) is 0 Å². The minimum absolute atomic E-state index is 0.261. The Hall–Kier alpha value is -1.60. The first-order valence-electron chi connectivity index (χ1n) is 9.97. The number of nitriles is 1. The van der Waals surface area contributed by atoms with Gasteiger partial charge in [-0.2, -0.15) is 5.26 Å². The molecule has 0 saturated heterocycles. The minimum Gasteiger partial charge on any atom is -0.494 e. The van der Waals surface area contributed by atoms with E-state index >= 15 is 0 Å². The predicted octanol–water partition coefficient (Wildman–Crippen LogP) is 7.83. The van der Waals surface area contributed by atoms with Gasteiger partial charge in [0.05, 0.1) is 29.3 Å². The molecule has 1 aromatic rings. The Morgan fingerprint density at radius 3 is 2.37 bits per heavy atom. The Morgan fingerprint density at radius 1 is 1.13 bits per heavy atom. The van der Waals surface area contributed by atoms with Crippen LogP contribution >= 0.6 is 34.8 Å². The summed E-state index contributed by atoms with van der Waals surface area (Å²) in [6, 6.07) is 10.1. The van der Waals surface area contributed by atoms with Gasteiger partial charge in [0.15, 0.2) is 5.76 Å². The van der Waals surface area contributed by atoms with Crippen molar-refractivity contribution >= 4 is 34.8 Å². The van der Waals surface area contributed by atoms with E-state index in [1.165, 1.54) is 0 Å². The number of unbranched alkanes of at least 4 members (excludes halogenated alkanes) is 1. The maximum absolute atomic E-state index is 8.59. The normalized spacial score (nSPS) is 13.5. The van der Waals surface area contributed by atoms with Crippen molar-refractivity contribution in [2.24, 2.45) is 0 Å². The van der Waals surface area contributed by atoms with Crippen LogP contribution in [0.25, 0.3) is 0 Å². The summed E-state index contributed by atoms with van der Waals surface area (Å²) in [6.07, 6.45) is 5.58. The van der Waals surface area contributed by atoms with Crippen molar-refractivity contribution in [3.05, 3.63) is 63.4 Å². The molecule has 0 aliphatic rings. The van der Waals surface area contributed by atoms with Crippen LogP contribution in [0.2, 0.25) is 0 Å². The van der Waals surface area contributed by atoms with Gasteiger partial charge in [-0.15, -0.1) is 11.6 Å². The zero-order valence-electron chi connectivity index (χ0n) is 18.1. The summed E-state index contributed by atoms with van der Waals surface area (Å²) in [5, 5.41) is 9.51. The van der Waals surface area contributed by atoms with Crippen LogP contribution in [0.1, 0.15) is 52.5 Å². The summed E-state index contributed by atoms with van der Waals surface area (Å²) < 4.78 is 11.4. The van der Waals surface area contributed by atoms with E-state index in [9.17, 15) is 0 Å². The zero-order valence-corrected chi connectivity index (χ0v) is 20.4. The summed E-state index contributed by atoms with van der Waals surface area (Å²) in [4.78, 5) is 0. The standard InChI is InChI=1S/C24H30Cl3NO2/c1-5-21(26)23(30-16-8-13-25)22(27)17-18(2)24(3,4)19-9-11-20(12-10-19)29-15-7-6-14-28/h5,9-12,17H,6-8,13,15-16H2,1-4H3/b18-17+,21-5+,23-22-. The molecular formula is C24H30Cl3NO2. The second-order valence-corrected chi connectivity index (χ2v) is 8.48. The SMILES string of the molecule is C\C=C(Cl)/C(OCCCCl)=C(Cl)\C=C(/C)C(C)(C)c1ccc(OCCCC#N)cc1. The molecule has 3 nitrogen and oxygen atoms in total. The molecule has 0 N–H and O–H groups in total. The molecule has 1 aromatic carbocycles. The summed E-state index contributed by atoms with van der Waals surface area (Å²) in [6.45, 7) is 9.13. The number of nitrogens with zero attached hydrogens (tertiary/aromatic N) is 1. The van der Waals surface area contributed by atoms with Gasteiger partial charge in [-0.25, -0.2) is 0 Å². The van der Waals surface area contributed by atoms with Crippen molar-refractivity contribution in [1.82, 2.24) is 0 Å². The number of benzene rings is 1. The van der Waals surface area contributed by atoms with Gasteiger partial charge in [0.2, 0.25) is 0 Å². The molecule has 0 saturated carbocycles. The highest BCUT2D eigenvalue weighted by molar-refractivity contribution is 6.36. The smallest absolute Gasteiger partial charge is 0.156 e. The van der Waals surface area contributed by atoms with Crippen molar-refractivity contribution < 1.29 is 9.47 Å². The van der Waals surface area contributed by atoms with E-state index in [0.29, 0.717) is 47.8 Å². The topological polar surface area (TPSA) is 42.2 Å². The molecule has 0 radical (unpaired) electrons. The lowest BCUT2D eigenvalue weighted by Crippen LogP contribution is -2.19. The maximum atomic E-state index is 8.59. The molecule has 0 amide bonds. The molecule has 6 heteroatoms. The molecule has 0 aromatic heterocycles. The van der Waals surface area contributed by atoms with E-state index < -0.39 is 0 Å². The maximum Gasteiger partial charge on any atom is 0.156 e. The fourth-order valence-electron chi connectivity index (χ4n) is 2.58. The summed E-state index contributed by atoms with van der Waals surface area (Å²) in [5.74, 6) is 1.77. The van der Waals surface area contributed by atoms with Gasteiger partial charge in [-0.05, 0) is 50.5 Å². The van der Waals surface area contributed by atoms with Crippen LogP contribution in [-0.2, 0) is 10.2 Å². The van der Waals surface area contributed by atoms with Crippen LogP contribution in [0.5, 0.6) is 5.75 Å². The first-order valence-corrected chi connectivity index (χ1v) is 11.3. The van der Waals surface area contributed by atoms with Gasteiger partial charge in [-0.3, -0.25) is 0 Å². The lowest BCUT2D eigenvalue weighted by molar-refractivity contribution is 0.223. The quantitative estimate of drug-likeness (QED) is 0.135. The molecule has 0 aliphatic heterocycles. The molecule has 0 unspecified atom stereocenters. The van der Waals surface area contributed by atoms with Crippen LogP contribution in [0.3, 0.4) is 0 Å². The largest absolute Gasteiger partial charge is 0.494 e. The third-order valence-electron chi connectivity index (χ3n) is 4.82. The third-order valence-corrected chi connectivity index (χ3v) is 5.76. The first kappa shape index (κ1) is 26.4. The number of hydrogen-bond acceptors (Lipinski definition) is 3. The van der Waals surface area contributed by atoms with E-state index in [1.54, 1.807) is 6.08 Å². The van der Waals surface area contributed by atoms with Crippen molar-refractivity contribution in [1.29, 1.82) is 5.26 Å². The highest BCUT2D eigenvalue weighted by Gasteiger charge is 2.23. The van der Waals surface area contributed by atoms with Crippen molar-refractivity contribution in [2.75, 3.05) is 19.1 Å². The molecule has 0 bridgehead atoms. The van der Waals surface area contributed by atoms with E-state index in [-0.39, 0.29) is 5.41 Å². The molecule has 0 aliphatic carbocycles. The molecule has 0 heterocycles. The number of halogens is 3. The summed E-state index contributed by atoms with van der Waals surface area (Å²) >= 11 is 18.6. The molecule has 1 rings (SSSR count). The van der Waals surface area contributed by atoms with E-state index in [0.717, 1.165) is 23.3 Å². The second kappa shape index (κ2) is 13.7. The van der Waals surface area contributed by atoms with Crippen molar-refractivity contribution in [3.8, 4) is 11.8 Å². The van der Waals surface area contributed by atoms with Gasteiger partial charge < -0.3 is 9.47 Å². The lowest BCUT2D eigenvalue weighted by atomic mass is 9.78. The van der Waals surface area contributed by atoms with E-state index in [4.69, 9.17) is 49.5 Å². The highest BCUT2D eigenvalue weighted by Crippen LogP contribution is 2.34. The minimum atomic E-state index is -0.261. The van der Waals surface area contributed by atoms with Gasteiger partial charge in [0, 0.05) is 17.7 Å². The molecule has 164 valence electrons. The van der Waals surface area contributed by atoms with Crippen LogP contribution in [0.15, 0.2) is 57.8 Å². The number of ether oxygens (including phenoxy) is 2. The molecule has 0 spiro atoms. The van der Waals surface area contributed by atoms with Crippen LogP contribution in [0.4, 0.5) is 0 Å². The Morgan fingerprint density at radius 2 is 1.80 bits per heavy atom. The van der Waals surface area contributed by atoms with Gasteiger partial charge >= 0.3 is 0 Å². The van der Waals surface area contributed by atoms with Crippen LogP contribution in [0, 0.1) is 11.3 Å². The number of rotatable bonds is 12. The molecule has 0 fully saturated rings. The average molecular weight is 471 g/mol. The van der Waals surface area contributed by atoms with Gasteiger partial charge in [0.25, 0.3) is 0 Å². The Kier molecular flexibility index (Phi) is 12.0. The highest BCUT2D eigenvalue weighted by atomic mass is 35.5. The third kappa shape index (κ3) is 8.26. The number of allylic oxidation sites excluding steroid dienone is 5. The Bertz CT molecular complexity index is 803. The van der Waals surface area contributed by atoms with Crippen molar-refractivity contribution in [2.45, 2.75) is 52.4 Å². The lowest BCUT2D eigenvalue weighted by Gasteiger charge is -2.27. The number of alkyl halides is 1. The molecule has 0 atom stereocenters. The van der Waals surface area contributed by atoms with Crippen LogP contribution in [-0.4, -0.2) is 19.1 Å². The monoisotopic (exact) mass is 469 g/mol. The van der Waals surface area contributed by atoms with E-state index in [2.05, 4.69) is 19.9 Å². The molecule has 30 heavy (non-hydrogen) atoms. The number of hydrogen-bond donors (Lipinski definition) is 0. The summed E-state index contributed by atoms with van der Waals surface area (Å²) in [5.41, 5.74) is 1.93. The van der Waals surface area contributed by atoms with Gasteiger partial charge in [-0.1, -0.05) is 60.8 Å². The zero-order chi connectivity index (χ0) is 22.6.